The summed E-state index contributed by atoms with van der Waals surface area (Å²) in [5.74, 6) is 0.685. The van der Waals surface area contributed by atoms with E-state index >= 15 is 0 Å². The van der Waals surface area contributed by atoms with Crippen molar-refractivity contribution >= 4 is 43.8 Å². The monoisotopic (exact) mass is 1010 g/mol. The molecule has 3 aliphatic heterocycles. The topological polar surface area (TPSA) is 219 Å². The molecule has 18 heteroatoms. The molecule has 17 nitrogen and oxygen atoms in total. The number of phenolic OH excluding ortho intramolecular Hbond substituents is 1. The van der Waals surface area contributed by atoms with Crippen LogP contribution in [0, 0.1) is 5.92 Å². The maximum atomic E-state index is 13.8. The summed E-state index contributed by atoms with van der Waals surface area (Å²) >= 11 is 0. The van der Waals surface area contributed by atoms with E-state index in [4.69, 9.17) is 37.7 Å². The number of carbonyl (C=O) groups is 4. The molecule has 3 aromatic carbocycles. The molecule has 3 aliphatic rings. The molecule has 2 unspecified atom stereocenters. The van der Waals surface area contributed by atoms with Gasteiger partial charge < -0.3 is 53.2 Å². The Bertz CT molecular complexity index is 2670. The van der Waals surface area contributed by atoms with E-state index in [1.54, 1.807) is 49.9 Å². The number of alkyl carbamates (subject to hydrolysis) is 1. The number of ether oxygens (including phenoxy) is 4. The molecule has 0 radical (unpaired) electrons. The van der Waals surface area contributed by atoms with Gasteiger partial charge >= 0.3 is 18.2 Å². The van der Waals surface area contributed by atoms with Crippen LogP contribution in [0.25, 0.3) is 10.9 Å². The first-order chi connectivity index (χ1) is 34.1. The minimum Gasteiger partial charge on any atom is -0.506 e. The number of piperidine rings is 3. The highest BCUT2D eigenvalue weighted by molar-refractivity contribution is 6.74. The number of aromatic hydroxyl groups is 1. The van der Waals surface area contributed by atoms with Gasteiger partial charge in [-0.3, -0.25) is 14.5 Å². The number of esters is 1. The Morgan fingerprint density at radius 1 is 0.931 bits per heavy atom. The van der Waals surface area contributed by atoms with E-state index in [2.05, 4.69) is 49.1 Å². The van der Waals surface area contributed by atoms with Gasteiger partial charge in [-0.2, -0.15) is 0 Å². The van der Waals surface area contributed by atoms with Gasteiger partial charge in [-0.15, -0.1) is 0 Å². The summed E-state index contributed by atoms with van der Waals surface area (Å²) in [4.78, 5) is 67.6. The molecule has 0 aliphatic carbocycles. The number of nitrogens with zero attached hydrogens (tertiary/aromatic N) is 2. The molecule has 72 heavy (non-hydrogen) atoms. The zero-order chi connectivity index (χ0) is 52.2. The van der Waals surface area contributed by atoms with Crippen molar-refractivity contribution in [2.45, 2.75) is 116 Å². The Morgan fingerprint density at radius 2 is 1.64 bits per heavy atom. The van der Waals surface area contributed by atoms with Gasteiger partial charge in [-0.1, -0.05) is 69.3 Å². The lowest BCUT2D eigenvalue weighted by molar-refractivity contribution is -0.122. The molecule has 3 fully saturated rings. The van der Waals surface area contributed by atoms with Crippen LogP contribution in [0.15, 0.2) is 100 Å². The fraction of sp³-hybridized carbons (Fsp3) is 0.463. The van der Waals surface area contributed by atoms with Crippen LogP contribution in [-0.4, -0.2) is 109 Å². The summed E-state index contributed by atoms with van der Waals surface area (Å²) in [5.41, 5.74) is 1.59. The third kappa shape index (κ3) is 15.0. The van der Waals surface area contributed by atoms with Crippen molar-refractivity contribution in [2.75, 3.05) is 39.3 Å². The number of hydrogen-bond acceptors (Lipinski definition) is 13. The first-order valence-electron chi connectivity index (χ1n) is 24.5. The zero-order valence-electron chi connectivity index (χ0n) is 42.6. The molecule has 3 saturated heterocycles. The second-order valence-corrected chi connectivity index (χ2v) is 25.5. The van der Waals surface area contributed by atoms with Crippen molar-refractivity contribution < 1.29 is 57.2 Å². The van der Waals surface area contributed by atoms with E-state index in [9.17, 15) is 24.3 Å². The second-order valence-electron chi connectivity index (χ2n) is 20.7. The van der Waals surface area contributed by atoms with Gasteiger partial charge in [0.15, 0.2) is 8.32 Å². The Balaban J connectivity index is 0.00000275. The number of aromatic amines is 1. The quantitative estimate of drug-likeness (QED) is 0.0211. The maximum Gasteiger partial charge on any atom is 0.410 e. The fourth-order valence-electron chi connectivity index (χ4n) is 8.54. The van der Waals surface area contributed by atoms with E-state index in [0.717, 1.165) is 43.6 Å². The Morgan fingerprint density at radius 3 is 2.31 bits per heavy atom. The number of rotatable bonds is 18. The first kappa shape index (κ1) is 54.7. The van der Waals surface area contributed by atoms with Crippen molar-refractivity contribution in [2.24, 2.45) is 5.92 Å². The van der Waals surface area contributed by atoms with Crippen LogP contribution in [0.2, 0.25) is 18.1 Å². The van der Waals surface area contributed by atoms with Crippen LogP contribution >= 0.6 is 0 Å². The van der Waals surface area contributed by atoms with Gasteiger partial charge in [0.2, 0.25) is 11.3 Å². The third-order valence-electron chi connectivity index (χ3n) is 13.3. The second kappa shape index (κ2) is 24.2. The highest BCUT2D eigenvalue weighted by Gasteiger charge is 2.41. The standard InChI is InChI=1S/C53H68N4O11Si.CH2O2/c1-52(2,3)67-51(62)57(33-45(68-69(7,8)53(4,5)6)40-20-22-42(58)48-41(40)21-24-46(59)54-48)27-12-13-30-63-49(60)43-23-19-39(65-43)34-64-38-18-14-17-37(31-38)47(36-15-10-9-11-16-36)55-50(61)66-44-32-56-28-25-35(44)26-29-56;2-1-3/h9-11,14-24,31,35,44-45,47,58H,12-13,25-30,32-34H2,1-8H3,(H,54,59)(H,55,61);1H,(H,2,3)/t44-,45?,47?;/m0./s1. The van der Waals surface area contributed by atoms with Crippen LogP contribution in [0.4, 0.5) is 9.59 Å². The third-order valence-corrected chi connectivity index (χ3v) is 17.8. The van der Waals surface area contributed by atoms with Gasteiger partial charge in [0.05, 0.1) is 30.8 Å². The Hall–Kier alpha value is -6.63. The summed E-state index contributed by atoms with van der Waals surface area (Å²) in [6, 6.07) is 26.3. The minimum atomic E-state index is -2.46. The smallest absolute Gasteiger partial charge is 0.410 e. The van der Waals surface area contributed by atoms with Crippen molar-refractivity contribution in [3.63, 3.8) is 0 Å². The Kier molecular flexibility index (Phi) is 18.4. The van der Waals surface area contributed by atoms with Crippen molar-refractivity contribution in [1.29, 1.82) is 0 Å². The highest BCUT2D eigenvalue weighted by atomic mass is 28.4. The van der Waals surface area contributed by atoms with Crippen LogP contribution in [0.5, 0.6) is 11.5 Å². The van der Waals surface area contributed by atoms with Gasteiger partial charge in [0, 0.05) is 24.5 Å². The molecule has 2 aromatic heterocycles. The van der Waals surface area contributed by atoms with E-state index in [-0.39, 0.29) is 66.5 Å². The number of H-pyrrole nitrogens is 1. The number of fused-ring (bicyclic) bond motifs is 4. The molecule has 388 valence electrons. The van der Waals surface area contributed by atoms with Crippen molar-refractivity contribution in [1.82, 2.24) is 20.1 Å². The van der Waals surface area contributed by atoms with Crippen molar-refractivity contribution in [3.05, 3.63) is 130 Å². The number of amides is 2. The minimum absolute atomic E-state index is 0.0284. The summed E-state index contributed by atoms with van der Waals surface area (Å²) in [5, 5.41) is 21.1. The fourth-order valence-corrected chi connectivity index (χ4v) is 9.80. The predicted molar refractivity (Wildman–Crippen MR) is 274 cm³/mol. The molecule has 8 rings (SSSR count). The lowest BCUT2D eigenvalue weighted by Crippen LogP contribution is -2.52. The van der Waals surface area contributed by atoms with Crippen LogP contribution < -0.4 is 15.6 Å². The molecule has 4 N–H and O–H groups in total. The van der Waals surface area contributed by atoms with E-state index in [1.807, 2.05) is 54.6 Å². The number of benzene rings is 3. The van der Waals surface area contributed by atoms with Crippen molar-refractivity contribution in [3.8, 4) is 11.5 Å². The Labute approximate surface area is 421 Å². The molecule has 2 bridgehead atoms. The van der Waals surface area contributed by atoms with E-state index < -0.39 is 44.2 Å². The van der Waals surface area contributed by atoms with Gasteiger partial charge in [0.1, 0.15) is 35.6 Å². The predicted octanol–water partition coefficient (Wildman–Crippen LogP) is 9.95. The van der Waals surface area contributed by atoms with Crippen LogP contribution in [0.3, 0.4) is 0 Å². The molecule has 0 spiro atoms. The average molecular weight is 1010 g/mol. The SMILES string of the molecule is CC(C)(C)OC(=O)N(CCCCOC(=O)c1ccc(COc2cccc(C(NC(=O)O[C@H]3CN4CCC3CC4)c3ccccc3)c2)o1)CC(O[Si](C)(C)C(C)(C)C)c1ccc(O)c2[nH]c(=O)ccc12.O=CO. The van der Waals surface area contributed by atoms with E-state index in [1.165, 1.54) is 12.1 Å². The average Bonchev–Trinajstić information content (AvgIpc) is 3.81. The molecule has 0 saturated carbocycles. The molecular weight excluding hydrogens is 941 g/mol. The summed E-state index contributed by atoms with van der Waals surface area (Å²) < 4.78 is 36.4. The highest BCUT2D eigenvalue weighted by Crippen LogP contribution is 2.42. The maximum absolute atomic E-state index is 13.8. The molecule has 3 atom stereocenters. The summed E-state index contributed by atoms with van der Waals surface area (Å²) in [7, 11) is -2.46. The molecule has 5 aromatic rings. The van der Waals surface area contributed by atoms with Gasteiger partial charge in [-0.05, 0) is 137 Å². The molecule has 2 amide bonds. The van der Waals surface area contributed by atoms with Gasteiger partial charge in [0.25, 0.3) is 6.47 Å². The number of pyridine rings is 1. The summed E-state index contributed by atoms with van der Waals surface area (Å²) in [6.07, 6.45) is 1.26. The van der Waals surface area contributed by atoms with Crippen LogP contribution in [-0.2, 0) is 30.0 Å². The molecular formula is C54H70N4O13Si. The number of unbranched alkanes of at least 4 members (excludes halogenated alkanes) is 1. The zero-order valence-corrected chi connectivity index (χ0v) is 43.6. The lowest BCUT2D eigenvalue weighted by Gasteiger charge is -2.43. The number of carboxylic acid groups (broad SMARTS) is 1. The largest absolute Gasteiger partial charge is 0.506 e. The number of nitrogens with one attached hydrogen (secondary N) is 2. The van der Waals surface area contributed by atoms with Gasteiger partial charge in [-0.25, -0.2) is 14.4 Å². The van der Waals surface area contributed by atoms with E-state index in [0.29, 0.717) is 41.2 Å². The van der Waals surface area contributed by atoms with Crippen LogP contribution in [0.1, 0.15) is 112 Å². The first-order valence-corrected chi connectivity index (χ1v) is 27.4. The lowest BCUT2D eigenvalue weighted by atomic mass is 9.86. The number of hydrogen-bond donors (Lipinski definition) is 4. The number of phenols is 1. The number of aromatic nitrogens is 1. The normalized spacial score (nSPS) is 17.4. The summed E-state index contributed by atoms with van der Waals surface area (Å²) in [6.45, 7) is 19.2. The number of carbonyl (C=O) groups excluding carboxylic acids is 3. The number of furan rings is 1. The molecule has 5 heterocycles.